The van der Waals surface area contributed by atoms with E-state index in [2.05, 4.69) is 10.3 Å². The van der Waals surface area contributed by atoms with Crippen LogP contribution in [0, 0.1) is 16.0 Å². The third-order valence-electron chi connectivity index (χ3n) is 6.73. The summed E-state index contributed by atoms with van der Waals surface area (Å²) in [5.74, 6) is 0.547. The Morgan fingerprint density at radius 2 is 1.94 bits per heavy atom. The number of carbonyl (C=O) groups excluding carboxylic acids is 1. The molecular weight excluding hydrogens is 434 g/mol. The first kappa shape index (κ1) is 23.9. The number of aromatic nitrogens is 1. The average molecular weight is 466 g/mol. The molecule has 2 aromatic carbocycles. The van der Waals surface area contributed by atoms with Crippen molar-refractivity contribution in [1.82, 2.24) is 10.3 Å². The van der Waals surface area contributed by atoms with Crippen molar-refractivity contribution in [2.24, 2.45) is 5.92 Å². The Kier molecular flexibility index (Phi) is 7.57. The van der Waals surface area contributed by atoms with E-state index in [0.29, 0.717) is 29.9 Å². The van der Waals surface area contributed by atoms with E-state index >= 15 is 0 Å². The molecule has 3 aromatic rings. The Morgan fingerprint density at radius 1 is 1.18 bits per heavy atom. The number of nitro benzene ring substituents is 1. The molecule has 0 spiro atoms. The van der Waals surface area contributed by atoms with Gasteiger partial charge >= 0.3 is 0 Å². The van der Waals surface area contributed by atoms with Crippen LogP contribution in [-0.2, 0) is 16.8 Å². The number of aliphatic hydroxyl groups is 1. The number of amides is 1. The number of rotatable bonds is 10. The summed E-state index contributed by atoms with van der Waals surface area (Å²) in [6.07, 6.45) is 8.24. The molecule has 4 rings (SSSR count). The first-order chi connectivity index (χ1) is 16.4. The van der Waals surface area contributed by atoms with Crippen LogP contribution in [0.4, 0.5) is 5.69 Å². The van der Waals surface area contributed by atoms with Crippen molar-refractivity contribution in [2.75, 3.05) is 6.54 Å². The van der Waals surface area contributed by atoms with Gasteiger partial charge in [0.2, 0.25) is 11.8 Å². The number of aryl methyl sites for hydroxylation is 1. The molecule has 1 saturated carbocycles. The Labute approximate surface area is 198 Å². The standard InChI is InChI=1S/C26H31N3O5/c30-24(14-11-19-7-3-1-4-8-19)27-18-26(31,16-15-20-9-5-2-6-10-20)25-28-22-17-21(29(32)33)12-13-23(22)34-25/h2,5-6,9-10,12-13,17,19,31H,1,3-4,7-8,11,14-16,18H2,(H,27,30). The molecule has 34 heavy (non-hydrogen) atoms. The molecule has 180 valence electrons. The summed E-state index contributed by atoms with van der Waals surface area (Å²) in [6, 6.07) is 13.9. The van der Waals surface area contributed by atoms with E-state index in [1.807, 2.05) is 30.3 Å². The summed E-state index contributed by atoms with van der Waals surface area (Å²) in [5, 5.41) is 25.6. The Bertz CT molecular complexity index is 1120. The maximum atomic E-state index is 12.6. The van der Waals surface area contributed by atoms with Crippen LogP contribution in [0.1, 0.15) is 62.8 Å². The lowest BCUT2D eigenvalue weighted by molar-refractivity contribution is -0.384. The van der Waals surface area contributed by atoms with Gasteiger partial charge in [0.1, 0.15) is 5.52 Å². The van der Waals surface area contributed by atoms with Gasteiger partial charge in [-0.05, 0) is 36.8 Å². The lowest BCUT2D eigenvalue weighted by Gasteiger charge is -2.26. The van der Waals surface area contributed by atoms with Crippen LogP contribution >= 0.6 is 0 Å². The van der Waals surface area contributed by atoms with E-state index in [1.54, 1.807) is 0 Å². The predicted molar refractivity (Wildman–Crippen MR) is 128 cm³/mol. The Balaban J connectivity index is 1.48. The van der Waals surface area contributed by atoms with E-state index in [-0.39, 0.29) is 30.5 Å². The highest BCUT2D eigenvalue weighted by molar-refractivity contribution is 5.76. The third-order valence-corrected chi connectivity index (χ3v) is 6.73. The fourth-order valence-electron chi connectivity index (χ4n) is 4.64. The molecule has 1 atom stereocenters. The number of non-ortho nitro benzene ring substituents is 1. The van der Waals surface area contributed by atoms with Crippen molar-refractivity contribution in [3.8, 4) is 0 Å². The Hall–Kier alpha value is -3.26. The zero-order valence-corrected chi connectivity index (χ0v) is 19.2. The number of hydrogen-bond acceptors (Lipinski definition) is 6. The predicted octanol–water partition coefficient (Wildman–Crippen LogP) is 5.03. The fourth-order valence-corrected chi connectivity index (χ4v) is 4.64. The second-order valence-electron chi connectivity index (χ2n) is 9.26. The number of benzene rings is 2. The molecule has 2 N–H and O–H groups in total. The fraction of sp³-hybridized carbons (Fsp3) is 0.462. The normalized spacial score (nSPS) is 16.3. The van der Waals surface area contributed by atoms with Gasteiger partial charge in [0, 0.05) is 18.6 Å². The molecular formula is C26H31N3O5. The third kappa shape index (κ3) is 5.99. The van der Waals surface area contributed by atoms with Crippen LogP contribution in [-0.4, -0.2) is 27.5 Å². The summed E-state index contributed by atoms with van der Waals surface area (Å²) in [5.41, 5.74) is 0.0326. The molecule has 1 heterocycles. The minimum atomic E-state index is -1.55. The Morgan fingerprint density at radius 3 is 2.68 bits per heavy atom. The monoisotopic (exact) mass is 465 g/mol. The summed E-state index contributed by atoms with van der Waals surface area (Å²) >= 11 is 0. The number of nitro groups is 1. The SMILES string of the molecule is O=C(CCC1CCCCC1)NCC(O)(CCc1ccccc1)c1nc2cc([N+](=O)[O-])ccc2o1. The van der Waals surface area contributed by atoms with Crippen molar-refractivity contribution < 1.29 is 19.2 Å². The number of hydrogen-bond donors (Lipinski definition) is 2. The van der Waals surface area contributed by atoms with Crippen LogP contribution in [0.5, 0.6) is 0 Å². The summed E-state index contributed by atoms with van der Waals surface area (Å²) in [7, 11) is 0. The highest BCUT2D eigenvalue weighted by Gasteiger charge is 2.35. The van der Waals surface area contributed by atoms with Gasteiger partial charge in [-0.1, -0.05) is 62.4 Å². The van der Waals surface area contributed by atoms with Crippen molar-refractivity contribution in [3.05, 3.63) is 70.1 Å². The maximum absolute atomic E-state index is 12.6. The van der Waals surface area contributed by atoms with Crippen molar-refractivity contribution in [1.29, 1.82) is 0 Å². The van der Waals surface area contributed by atoms with Gasteiger partial charge in [-0.15, -0.1) is 0 Å². The van der Waals surface area contributed by atoms with Crippen LogP contribution < -0.4 is 5.32 Å². The van der Waals surface area contributed by atoms with Crippen molar-refractivity contribution >= 4 is 22.7 Å². The van der Waals surface area contributed by atoms with Crippen LogP contribution in [0.2, 0.25) is 0 Å². The minimum absolute atomic E-state index is 0.0434. The number of carbonyl (C=O) groups is 1. The maximum Gasteiger partial charge on any atom is 0.271 e. The number of fused-ring (bicyclic) bond motifs is 1. The van der Waals surface area contributed by atoms with Gasteiger partial charge in [-0.3, -0.25) is 14.9 Å². The van der Waals surface area contributed by atoms with Gasteiger partial charge in [0.05, 0.1) is 11.5 Å². The smallest absolute Gasteiger partial charge is 0.271 e. The molecule has 1 aliphatic carbocycles. The van der Waals surface area contributed by atoms with Crippen LogP contribution in [0.3, 0.4) is 0 Å². The minimum Gasteiger partial charge on any atom is -0.437 e. The quantitative estimate of drug-likeness (QED) is 0.320. The summed E-state index contributed by atoms with van der Waals surface area (Å²) in [4.78, 5) is 27.6. The molecule has 1 unspecified atom stereocenters. The van der Waals surface area contributed by atoms with Crippen LogP contribution in [0.25, 0.3) is 11.1 Å². The van der Waals surface area contributed by atoms with E-state index in [9.17, 15) is 20.0 Å². The first-order valence-corrected chi connectivity index (χ1v) is 12.0. The molecule has 0 saturated heterocycles. The molecule has 0 aliphatic heterocycles. The second-order valence-corrected chi connectivity index (χ2v) is 9.26. The lowest BCUT2D eigenvalue weighted by atomic mass is 9.86. The molecule has 8 heteroatoms. The molecule has 1 fully saturated rings. The molecule has 1 amide bonds. The summed E-state index contributed by atoms with van der Waals surface area (Å²) < 4.78 is 5.81. The van der Waals surface area contributed by atoms with E-state index in [1.165, 1.54) is 50.3 Å². The summed E-state index contributed by atoms with van der Waals surface area (Å²) in [6.45, 7) is -0.0434. The molecule has 8 nitrogen and oxygen atoms in total. The van der Waals surface area contributed by atoms with Gasteiger partial charge in [-0.2, -0.15) is 0 Å². The largest absolute Gasteiger partial charge is 0.437 e. The number of nitrogens with zero attached hydrogens (tertiary/aromatic N) is 2. The second kappa shape index (κ2) is 10.8. The van der Waals surface area contributed by atoms with Gasteiger partial charge in [0.15, 0.2) is 11.2 Å². The average Bonchev–Trinajstić information content (AvgIpc) is 3.30. The first-order valence-electron chi connectivity index (χ1n) is 12.0. The van der Waals surface area contributed by atoms with Crippen molar-refractivity contribution in [2.45, 2.75) is 63.4 Å². The topological polar surface area (TPSA) is 119 Å². The zero-order chi connectivity index (χ0) is 24.0. The van der Waals surface area contributed by atoms with E-state index in [0.717, 1.165) is 12.0 Å². The lowest BCUT2D eigenvalue weighted by Crippen LogP contribution is -2.41. The van der Waals surface area contributed by atoms with Crippen LogP contribution in [0.15, 0.2) is 52.9 Å². The molecule has 0 radical (unpaired) electrons. The highest BCUT2D eigenvalue weighted by atomic mass is 16.6. The number of nitrogens with one attached hydrogen (secondary N) is 1. The molecule has 0 bridgehead atoms. The number of oxazole rings is 1. The highest BCUT2D eigenvalue weighted by Crippen LogP contribution is 2.31. The zero-order valence-electron chi connectivity index (χ0n) is 19.2. The van der Waals surface area contributed by atoms with Gasteiger partial charge < -0.3 is 14.8 Å². The van der Waals surface area contributed by atoms with Gasteiger partial charge in [0.25, 0.3) is 5.69 Å². The van der Waals surface area contributed by atoms with Gasteiger partial charge in [-0.25, -0.2) is 4.98 Å². The molecule has 1 aliphatic rings. The van der Waals surface area contributed by atoms with E-state index < -0.39 is 10.5 Å². The van der Waals surface area contributed by atoms with Crippen molar-refractivity contribution in [3.63, 3.8) is 0 Å². The van der Waals surface area contributed by atoms with E-state index in [4.69, 9.17) is 4.42 Å². The molecule has 1 aromatic heterocycles.